The highest BCUT2D eigenvalue weighted by Gasteiger charge is 2.55. The molecule has 0 N–H and O–H groups in total. The summed E-state index contributed by atoms with van der Waals surface area (Å²) >= 11 is 0. The van der Waals surface area contributed by atoms with E-state index in [1.165, 1.54) is 0 Å². The maximum atomic E-state index is 14.2. The molecular weight excluding hydrogens is 833 g/mol. The van der Waals surface area contributed by atoms with E-state index in [0.717, 1.165) is 47.9 Å². The van der Waals surface area contributed by atoms with Crippen molar-refractivity contribution in [2.24, 2.45) is 11.8 Å². The molecule has 0 radical (unpaired) electrons. The quantitative estimate of drug-likeness (QED) is 0.162. The summed E-state index contributed by atoms with van der Waals surface area (Å²) in [6.07, 6.45) is 4.77. The molecule has 3 heterocycles. The first-order chi connectivity index (χ1) is 32.4. The number of fused-ring (bicyclic) bond motifs is 4. The third-order valence-corrected chi connectivity index (χ3v) is 12.8. The molecule has 2 bridgehead atoms. The Bertz CT molecular complexity index is 2170. The van der Waals surface area contributed by atoms with Crippen molar-refractivity contribution >= 4 is 11.9 Å². The molecular formula is C56H60O10. The molecule has 5 aromatic carbocycles. The Hall–Kier alpha value is -6.36. The molecule has 0 saturated heterocycles. The lowest BCUT2D eigenvalue weighted by Crippen LogP contribution is -2.37. The lowest BCUT2D eigenvalue weighted by Gasteiger charge is -2.37. The number of carbonyl (C=O) groups is 2. The van der Waals surface area contributed by atoms with Crippen molar-refractivity contribution in [1.82, 2.24) is 0 Å². The van der Waals surface area contributed by atoms with Crippen molar-refractivity contribution in [3.8, 4) is 11.5 Å². The number of allylic oxidation sites excluding steroid dienone is 2. The molecule has 66 heavy (non-hydrogen) atoms. The fourth-order valence-corrected chi connectivity index (χ4v) is 9.90. The topological polar surface area (TPSA) is 108 Å². The molecule has 10 nitrogen and oxygen atoms in total. The zero-order valence-electron chi connectivity index (χ0n) is 38.0. The van der Waals surface area contributed by atoms with Crippen molar-refractivity contribution in [3.63, 3.8) is 0 Å². The van der Waals surface area contributed by atoms with E-state index in [0.29, 0.717) is 73.4 Å². The molecule has 5 aromatic rings. The van der Waals surface area contributed by atoms with Gasteiger partial charge in [0.05, 0.1) is 37.6 Å². The zero-order valence-corrected chi connectivity index (χ0v) is 38.0. The fourth-order valence-electron chi connectivity index (χ4n) is 9.90. The monoisotopic (exact) mass is 892 g/mol. The van der Waals surface area contributed by atoms with Gasteiger partial charge in [-0.2, -0.15) is 0 Å². The second kappa shape index (κ2) is 22.2. The minimum Gasteiger partial charge on any atom is -0.491 e. The van der Waals surface area contributed by atoms with E-state index in [4.69, 9.17) is 37.9 Å². The molecule has 344 valence electrons. The zero-order chi connectivity index (χ0) is 45.6. The summed E-state index contributed by atoms with van der Waals surface area (Å²) in [5.41, 5.74) is 3.10. The summed E-state index contributed by atoms with van der Waals surface area (Å²) in [6.45, 7) is 5.57. The highest BCUT2D eigenvalue weighted by atomic mass is 16.6. The maximum Gasteiger partial charge on any atom is 0.337 e. The van der Waals surface area contributed by atoms with Crippen LogP contribution in [0.5, 0.6) is 11.5 Å². The number of esters is 2. The Kier molecular flexibility index (Phi) is 15.5. The predicted octanol–water partition coefficient (Wildman–Crippen LogP) is 10.6. The predicted molar refractivity (Wildman–Crippen MR) is 251 cm³/mol. The van der Waals surface area contributed by atoms with Crippen LogP contribution >= 0.6 is 0 Å². The largest absolute Gasteiger partial charge is 0.491 e. The third kappa shape index (κ3) is 10.2. The van der Waals surface area contributed by atoms with Gasteiger partial charge < -0.3 is 37.9 Å². The summed E-state index contributed by atoms with van der Waals surface area (Å²) in [7, 11) is 0. The molecule has 0 aromatic heterocycles. The molecule has 3 aliphatic rings. The van der Waals surface area contributed by atoms with Crippen LogP contribution in [0.1, 0.15) is 74.6 Å². The molecule has 0 saturated carbocycles. The molecule has 3 aliphatic heterocycles. The van der Waals surface area contributed by atoms with Crippen LogP contribution in [0.25, 0.3) is 0 Å². The Balaban J connectivity index is 1.06. The van der Waals surface area contributed by atoms with E-state index < -0.39 is 23.1 Å². The van der Waals surface area contributed by atoms with Gasteiger partial charge in [0.1, 0.15) is 49.4 Å². The standard InChI is InChI=1S/C56H60O10/c1-41-51-49(55(65-41,43-20-9-5-10-21-43)44-22-11-6-12-23-44)30-17-3-4-18-31-50-52(42(2)66-56(50,45-24-13-7-14-25-45)46-26-15-8-16-27-46)54(58)64-39-35-60-33-37-62-48-29-19-28-47(40-48)61-36-32-59-34-38-63-53(51)57/h5-16,19-29,40,49-50H,3-4,17-18,30-39H2,1-2H3. The highest BCUT2D eigenvalue weighted by Crippen LogP contribution is 2.55. The summed E-state index contributed by atoms with van der Waals surface area (Å²) in [4.78, 5) is 28.4. The molecule has 0 aliphatic carbocycles. The summed E-state index contributed by atoms with van der Waals surface area (Å²) in [6, 6.07) is 48.1. The number of benzene rings is 5. The summed E-state index contributed by atoms with van der Waals surface area (Å²) in [5, 5.41) is 0. The third-order valence-electron chi connectivity index (χ3n) is 12.8. The molecule has 2 unspecified atom stereocenters. The molecule has 8 rings (SSSR count). The number of cyclic esters (lactones) is 2. The van der Waals surface area contributed by atoms with Gasteiger partial charge in [0, 0.05) is 40.2 Å². The normalized spacial score (nSPS) is 21.4. The average molecular weight is 893 g/mol. The van der Waals surface area contributed by atoms with E-state index in [9.17, 15) is 9.59 Å². The molecule has 0 fully saturated rings. The number of carbonyl (C=O) groups excluding carboxylic acids is 2. The van der Waals surface area contributed by atoms with E-state index >= 15 is 0 Å². The van der Waals surface area contributed by atoms with Gasteiger partial charge in [-0.1, -0.05) is 153 Å². The van der Waals surface area contributed by atoms with Crippen LogP contribution in [-0.4, -0.2) is 64.8 Å². The van der Waals surface area contributed by atoms with Gasteiger partial charge in [-0.15, -0.1) is 0 Å². The Morgan fingerprint density at radius 1 is 0.394 bits per heavy atom. The van der Waals surface area contributed by atoms with Gasteiger partial charge in [0.15, 0.2) is 11.2 Å². The highest BCUT2D eigenvalue weighted by molar-refractivity contribution is 5.91. The molecule has 10 heteroatoms. The van der Waals surface area contributed by atoms with Gasteiger partial charge in [0.2, 0.25) is 0 Å². The number of hydrogen-bond acceptors (Lipinski definition) is 10. The van der Waals surface area contributed by atoms with Crippen molar-refractivity contribution in [3.05, 3.63) is 191 Å². The first-order valence-electron chi connectivity index (χ1n) is 23.3. The number of rotatable bonds is 4. The molecule has 0 spiro atoms. The van der Waals surface area contributed by atoms with Crippen LogP contribution in [0, 0.1) is 11.8 Å². The average Bonchev–Trinajstić information content (AvgIpc) is 3.83. The summed E-state index contributed by atoms with van der Waals surface area (Å²) in [5.74, 6) is 0.915. The fraction of sp³-hybridized carbons (Fsp3) is 0.357. The van der Waals surface area contributed by atoms with Gasteiger partial charge in [-0.25, -0.2) is 9.59 Å². The van der Waals surface area contributed by atoms with E-state index in [-0.39, 0.29) is 38.3 Å². The van der Waals surface area contributed by atoms with Gasteiger partial charge in [0.25, 0.3) is 0 Å². The molecule has 2 atom stereocenters. The van der Waals surface area contributed by atoms with Gasteiger partial charge >= 0.3 is 11.9 Å². The van der Waals surface area contributed by atoms with Gasteiger partial charge in [-0.3, -0.25) is 0 Å². The van der Waals surface area contributed by atoms with Crippen LogP contribution in [0.2, 0.25) is 0 Å². The minimum atomic E-state index is -0.939. The van der Waals surface area contributed by atoms with E-state index in [2.05, 4.69) is 48.5 Å². The van der Waals surface area contributed by atoms with Crippen LogP contribution in [0.15, 0.2) is 168 Å². The van der Waals surface area contributed by atoms with Crippen molar-refractivity contribution in [1.29, 1.82) is 0 Å². The van der Waals surface area contributed by atoms with Crippen molar-refractivity contribution in [2.75, 3.05) is 52.9 Å². The van der Waals surface area contributed by atoms with Crippen LogP contribution in [-0.2, 0) is 49.2 Å². The van der Waals surface area contributed by atoms with Gasteiger partial charge in [-0.05, 0) is 38.8 Å². The second-order valence-electron chi connectivity index (χ2n) is 16.8. The molecule has 0 amide bonds. The van der Waals surface area contributed by atoms with E-state index in [1.54, 1.807) is 0 Å². The van der Waals surface area contributed by atoms with Crippen LogP contribution < -0.4 is 9.47 Å². The van der Waals surface area contributed by atoms with E-state index in [1.807, 2.05) is 111 Å². The first-order valence-corrected chi connectivity index (χ1v) is 23.3. The first kappa shape index (κ1) is 46.2. The lowest BCUT2D eigenvalue weighted by molar-refractivity contribution is -0.142. The Morgan fingerprint density at radius 3 is 1.08 bits per heavy atom. The van der Waals surface area contributed by atoms with Crippen molar-refractivity contribution < 1.29 is 47.5 Å². The number of hydrogen-bond donors (Lipinski definition) is 0. The lowest BCUT2D eigenvalue weighted by atomic mass is 9.71. The smallest absolute Gasteiger partial charge is 0.337 e. The van der Waals surface area contributed by atoms with Crippen LogP contribution in [0.4, 0.5) is 0 Å². The number of ether oxygens (including phenoxy) is 8. The Labute approximate surface area is 388 Å². The maximum absolute atomic E-state index is 14.2. The summed E-state index contributed by atoms with van der Waals surface area (Å²) < 4.78 is 49.3. The van der Waals surface area contributed by atoms with Crippen LogP contribution in [0.3, 0.4) is 0 Å². The van der Waals surface area contributed by atoms with Crippen molar-refractivity contribution in [2.45, 2.75) is 63.6 Å². The SMILES string of the molecule is CC1=C2C(=O)OCCOCCOc3cccc(c3)OCCOCCOC(=O)C3=C(C)OC(c4ccccc4)(c4ccccc4)C3CCCCCCC2C(c2ccccc2)(c2ccccc2)O1. The second-order valence-corrected chi connectivity index (χ2v) is 16.8. The minimum absolute atomic E-state index is 0.0825. The Morgan fingerprint density at radius 2 is 0.727 bits per heavy atom.